The van der Waals surface area contributed by atoms with Gasteiger partial charge in [-0.1, -0.05) is 25.6 Å². The number of aromatic carboxylic acids is 1. The summed E-state index contributed by atoms with van der Waals surface area (Å²) in [6.07, 6.45) is 0. The molecule has 0 bridgehead atoms. The predicted molar refractivity (Wildman–Crippen MR) is 93.3 cm³/mol. The van der Waals surface area contributed by atoms with E-state index in [0.717, 1.165) is 0 Å². The van der Waals surface area contributed by atoms with Gasteiger partial charge >= 0.3 is 5.97 Å². The molecule has 0 saturated heterocycles. The second-order valence-electron chi connectivity index (χ2n) is 5.88. The standard InChI is InChI=1S/C19H15F2NO2S/c1-10(2)17-16(19(23)24)18(25-13-6-3-11(20)4-7-13)14-9-12(21)5-8-15(14)22-17/h3-10H,1-2H3,(H,23,24). The van der Waals surface area contributed by atoms with Gasteiger partial charge in [-0.05, 0) is 48.4 Å². The summed E-state index contributed by atoms with van der Waals surface area (Å²) in [4.78, 5) is 17.4. The van der Waals surface area contributed by atoms with Gasteiger partial charge in [-0.25, -0.2) is 13.6 Å². The number of pyridine rings is 1. The van der Waals surface area contributed by atoms with E-state index in [1.807, 2.05) is 13.8 Å². The van der Waals surface area contributed by atoms with Gasteiger partial charge in [0.15, 0.2) is 0 Å². The van der Waals surface area contributed by atoms with E-state index in [9.17, 15) is 18.7 Å². The molecule has 2 aromatic carbocycles. The number of carboxylic acid groups (broad SMARTS) is 1. The van der Waals surface area contributed by atoms with Crippen molar-refractivity contribution >= 4 is 28.6 Å². The third-order valence-corrected chi connectivity index (χ3v) is 4.86. The van der Waals surface area contributed by atoms with Crippen molar-refractivity contribution in [3.8, 4) is 0 Å². The number of nitrogens with zero attached hydrogens (tertiary/aromatic N) is 1. The fourth-order valence-electron chi connectivity index (χ4n) is 2.58. The maximum Gasteiger partial charge on any atom is 0.338 e. The second kappa shape index (κ2) is 6.80. The first-order chi connectivity index (χ1) is 11.9. The van der Waals surface area contributed by atoms with E-state index in [0.29, 0.717) is 26.4 Å². The highest BCUT2D eigenvalue weighted by Crippen LogP contribution is 2.39. The molecule has 3 nitrogen and oxygen atoms in total. The van der Waals surface area contributed by atoms with Crippen LogP contribution < -0.4 is 0 Å². The van der Waals surface area contributed by atoms with Crippen LogP contribution in [0.3, 0.4) is 0 Å². The van der Waals surface area contributed by atoms with Crippen LogP contribution in [-0.2, 0) is 0 Å². The minimum absolute atomic E-state index is 0.0578. The van der Waals surface area contributed by atoms with Gasteiger partial charge in [-0.15, -0.1) is 0 Å². The maximum absolute atomic E-state index is 13.8. The average Bonchev–Trinajstić information content (AvgIpc) is 2.56. The summed E-state index contributed by atoms with van der Waals surface area (Å²) in [6.45, 7) is 3.72. The van der Waals surface area contributed by atoms with Gasteiger partial charge in [0, 0.05) is 15.2 Å². The molecule has 0 aliphatic heterocycles. The summed E-state index contributed by atoms with van der Waals surface area (Å²) < 4.78 is 26.9. The van der Waals surface area contributed by atoms with Crippen LogP contribution in [0.4, 0.5) is 8.78 Å². The van der Waals surface area contributed by atoms with Crippen molar-refractivity contribution in [2.75, 3.05) is 0 Å². The highest BCUT2D eigenvalue weighted by molar-refractivity contribution is 7.99. The molecule has 1 N–H and O–H groups in total. The fraction of sp³-hybridized carbons (Fsp3) is 0.158. The minimum Gasteiger partial charge on any atom is -0.478 e. The summed E-state index contributed by atoms with van der Waals surface area (Å²) in [6, 6.07) is 9.85. The number of aromatic nitrogens is 1. The molecule has 0 saturated carbocycles. The number of fused-ring (bicyclic) bond motifs is 1. The third kappa shape index (κ3) is 3.49. The quantitative estimate of drug-likeness (QED) is 0.669. The monoisotopic (exact) mass is 359 g/mol. The lowest BCUT2D eigenvalue weighted by Crippen LogP contribution is -2.09. The van der Waals surface area contributed by atoms with Crippen molar-refractivity contribution in [1.82, 2.24) is 4.98 Å². The summed E-state index contributed by atoms with van der Waals surface area (Å²) in [5, 5.41) is 10.2. The Balaban J connectivity index is 2.31. The molecule has 0 aliphatic carbocycles. The SMILES string of the molecule is CC(C)c1nc2ccc(F)cc2c(Sc2ccc(F)cc2)c1C(=O)O. The number of rotatable bonds is 4. The van der Waals surface area contributed by atoms with E-state index in [1.165, 1.54) is 42.1 Å². The van der Waals surface area contributed by atoms with Gasteiger partial charge in [0.2, 0.25) is 0 Å². The molecular formula is C19H15F2NO2S. The fourth-order valence-corrected chi connectivity index (χ4v) is 3.65. The number of carbonyl (C=O) groups is 1. The number of hydrogen-bond donors (Lipinski definition) is 1. The predicted octanol–water partition coefficient (Wildman–Crippen LogP) is 5.49. The van der Waals surface area contributed by atoms with Crippen LogP contribution in [0.15, 0.2) is 52.3 Å². The van der Waals surface area contributed by atoms with Crippen LogP contribution in [0, 0.1) is 11.6 Å². The minimum atomic E-state index is -1.12. The van der Waals surface area contributed by atoms with Gasteiger partial charge in [0.05, 0.1) is 16.8 Å². The van der Waals surface area contributed by atoms with Crippen molar-refractivity contribution in [3.05, 3.63) is 65.4 Å². The zero-order valence-electron chi connectivity index (χ0n) is 13.6. The number of carboxylic acids is 1. The lowest BCUT2D eigenvalue weighted by Gasteiger charge is -2.16. The van der Waals surface area contributed by atoms with Crippen molar-refractivity contribution in [1.29, 1.82) is 0 Å². The molecular weight excluding hydrogens is 344 g/mol. The van der Waals surface area contributed by atoms with Crippen molar-refractivity contribution in [2.45, 2.75) is 29.6 Å². The first-order valence-corrected chi connectivity index (χ1v) is 8.48. The molecule has 1 aromatic heterocycles. The Morgan fingerprint density at radius 2 is 1.72 bits per heavy atom. The van der Waals surface area contributed by atoms with E-state index in [-0.39, 0.29) is 17.3 Å². The molecule has 0 atom stereocenters. The van der Waals surface area contributed by atoms with E-state index in [2.05, 4.69) is 4.98 Å². The third-order valence-electron chi connectivity index (χ3n) is 3.72. The zero-order valence-corrected chi connectivity index (χ0v) is 14.4. The van der Waals surface area contributed by atoms with E-state index in [4.69, 9.17) is 0 Å². The van der Waals surface area contributed by atoms with Gasteiger partial charge in [-0.3, -0.25) is 4.98 Å². The first kappa shape index (κ1) is 17.4. The van der Waals surface area contributed by atoms with Crippen LogP contribution in [0.2, 0.25) is 0 Å². The van der Waals surface area contributed by atoms with Crippen LogP contribution in [-0.4, -0.2) is 16.1 Å². The van der Waals surface area contributed by atoms with Crippen LogP contribution >= 0.6 is 11.8 Å². The Labute approximate surface area is 147 Å². The van der Waals surface area contributed by atoms with Gasteiger partial charge in [-0.2, -0.15) is 0 Å². The van der Waals surface area contributed by atoms with E-state index in [1.54, 1.807) is 12.1 Å². The van der Waals surface area contributed by atoms with Crippen LogP contribution in [0.5, 0.6) is 0 Å². The molecule has 0 spiro atoms. The molecule has 25 heavy (non-hydrogen) atoms. The number of hydrogen-bond acceptors (Lipinski definition) is 3. The molecule has 128 valence electrons. The van der Waals surface area contributed by atoms with E-state index >= 15 is 0 Å². The largest absolute Gasteiger partial charge is 0.478 e. The smallest absolute Gasteiger partial charge is 0.338 e. The topological polar surface area (TPSA) is 50.2 Å². The summed E-state index contributed by atoms with van der Waals surface area (Å²) in [5.74, 6) is -2.08. The maximum atomic E-state index is 13.8. The molecule has 0 radical (unpaired) electrons. The van der Waals surface area contributed by atoms with Crippen LogP contribution in [0.25, 0.3) is 10.9 Å². The van der Waals surface area contributed by atoms with Crippen molar-refractivity contribution in [3.63, 3.8) is 0 Å². The second-order valence-corrected chi connectivity index (χ2v) is 6.96. The van der Waals surface area contributed by atoms with Crippen molar-refractivity contribution < 1.29 is 18.7 Å². The first-order valence-electron chi connectivity index (χ1n) is 7.66. The molecule has 0 aliphatic rings. The van der Waals surface area contributed by atoms with E-state index < -0.39 is 11.8 Å². The molecule has 6 heteroatoms. The van der Waals surface area contributed by atoms with Crippen LogP contribution in [0.1, 0.15) is 35.8 Å². The Morgan fingerprint density at radius 1 is 1.08 bits per heavy atom. The van der Waals surface area contributed by atoms with Gasteiger partial charge in [0.1, 0.15) is 11.6 Å². The highest BCUT2D eigenvalue weighted by Gasteiger charge is 2.23. The molecule has 3 aromatic rings. The lowest BCUT2D eigenvalue weighted by molar-refractivity contribution is 0.0691. The van der Waals surface area contributed by atoms with Gasteiger partial charge < -0.3 is 5.11 Å². The number of benzene rings is 2. The lowest BCUT2D eigenvalue weighted by atomic mass is 10.0. The normalized spacial score (nSPS) is 11.2. The molecule has 0 amide bonds. The Kier molecular flexibility index (Phi) is 4.72. The highest BCUT2D eigenvalue weighted by atomic mass is 32.2. The molecule has 0 fully saturated rings. The molecule has 1 heterocycles. The average molecular weight is 359 g/mol. The molecule has 3 rings (SSSR count). The summed E-state index contributed by atoms with van der Waals surface area (Å²) in [7, 11) is 0. The Bertz CT molecular complexity index is 956. The van der Waals surface area contributed by atoms with Gasteiger partial charge in [0.25, 0.3) is 0 Å². The zero-order chi connectivity index (χ0) is 18.1. The Hall–Kier alpha value is -2.47. The Morgan fingerprint density at radius 3 is 2.32 bits per heavy atom. The van der Waals surface area contributed by atoms with Crippen molar-refractivity contribution in [2.24, 2.45) is 0 Å². The molecule has 0 unspecified atom stereocenters. The summed E-state index contributed by atoms with van der Waals surface area (Å²) in [5.41, 5.74) is 1.03. The summed E-state index contributed by atoms with van der Waals surface area (Å²) >= 11 is 1.17. The number of halogens is 2.